The Balaban J connectivity index is 2.26. The Bertz CT molecular complexity index is 576. The van der Waals surface area contributed by atoms with Gasteiger partial charge in [-0.25, -0.2) is 9.97 Å². The quantitative estimate of drug-likeness (QED) is 0.909. The van der Waals surface area contributed by atoms with Gasteiger partial charge >= 0.3 is 0 Å². The minimum atomic E-state index is 0.0759. The number of aryl methyl sites for hydroxylation is 3. The highest BCUT2D eigenvalue weighted by atomic mass is 79.9. The van der Waals surface area contributed by atoms with E-state index in [4.69, 9.17) is 0 Å². The number of likely N-dealkylation sites (N-methyl/N-ethyl adjacent to an activating group) is 1. The number of nitrogens with zero attached hydrogens (tertiary/aromatic N) is 4. The van der Waals surface area contributed by atoms with E-state index in [9.17, 15) is 0 Å². The van der Waals surface area contributed by atoms with Gasteiger partial charge in [0, 0.05) is 25.9 Å². The largest absolute Gasteiger partial charge is 0.310 e. The molecule has 108 valence electrons. The summed E-state index contributed by atoms with van der Waals surface area (Å²) in [6, 6.07) is 0.0759. The van der Waals surface area contributed by atoms with E-state index in [0.29, 0.717) is 0 Å². The highest BCUT2D eigenvalue weighted by Crippen LogP contribution is 2.25. The van der Waals surface area contributed by atoms with Crippen molar-refractivity contribution < 1.29 is 0 Å². The molecule has 2 aromatic heterocycles. The number of hydrogen-bond donors (Lipinski definition) is 1. The van der Waals surface area contributed by atoms with E-state index in [0.717, 1.165) is 40.1 Å². The molecule has 0 spiro atoms. The maximum absolute atomic E-state index is 4.52. The summed E-state index contributed by atoms with van der Waals surface area (Å²) in [5, 5.41) is 7.81. The highest BCUT2D eigenvalue weighted by Gasteiger charge is 2.19. The molecule has 1 unspecified atom stereocenters. The molecule has 5 nitrogen and oxygen atoms in total. The smallest absolute Gasteiger partial charge is 0.145 e. The fraction of sp³-hybridized carbons (Fsp3) is 0.500. The van der Waals surface area contributed by atoms with Crippen LogP contribution in [-0.4, -0.2) is 26.8 Å². The third-order valence-corrected chi connectivity index (χ3v) is 4.28. The molecule has 0 saturated heterocycles. The van der Waals surface area contributed by atoms with Crippen molar-refractivity contribution in [2.75, 3.05) is 7.05 Å². The summed E-state index contributed by atoms with van der Waals surface area (Å²) in [6.07, 6.45) is 5.41. The van der Waals surface area contributed by atoms with Crippen LogP contribution in [0.25, 0.3) is 0 Å². The van der Waals surface area contributed by atoms with E-state index in [1.54, 1.807) is 0 Å². The van der Waals surface area contributed by atoms with E-state index in [2.05, 4.69) is 43.2 Å². The Morgan fingerprint density at radius 2 is 2.00 bits per heavy atom. The molecule has 0 aliphatic heterocycles. The first-order chi connectivity index (χ1) is 9.56. The predicted octanol–water partition coefficient (Wildman–Crippen LogP) is 2.35. The standard InChI is InChI=1S/C14H20BrN5/c1-5-10-13(15)12(20(4)19-10)6-11(16-3)14-17-7-9(2)8-18-14/h7-8,11,16H,5-6H2,1-4H3. The zero-order valence-corrected chi connectivity index (χ0v) is 13.9. The van der Waals surface area contributed by atoms with Crippen molar-refractivity contribution in [1.82, 2.24) is 25.1 Å². The SMILES string of the molecule is CCc1nn(C)c(CC(NC)c2ncc(C)cn2)c1Br. The molecule has 0 fully saturated rings. The van der Waals surface area contributed by atoms with Crippen LogP contribution in [0, 0.1) is 6.92 Å². The fourth-order valence-corrected chi connectivity index (χ4v) is 2.92. The maximum atomic E-state index is 4.52. The Hall–Kier alpha value is -1.27. The molecule has 0 radical (unpaired) electrons. The summed E-state index contributed by atoms with van der Waals surface area (Å²) < 4.78 is 3.02. The van der Waals surface area contributed by atoms with Gasteiger partial charge in [0.1, 0.15) is 5.82 Å². The molecule has 2 rings (SSSR count). The summed E-state index contributed by atoms with van der Waals surface area (Å²) in [6.45, 7) is 4.10. The summed E-state index contributed by atoms with van der Waals surface area (Å²) in [5.41, 5.74) is 3.31. The van der Waals surface area contributed by atoms with Crippen molar-refractivity contribution in [3.8, 4) is 0 Å². The molecular formula is C14H20BrN5. The second-order valence-electron chi connectivity index (χ2n) is 4.85. The van der Waals surface area contributed by atoms with Gasteiger partial charge in [0.15, 0.2) is 0 Å². The third-order valence-electron chi connectivity index (χ3n) is 3.36. The first kappa shape index (κ1) is 15.1. The predicted molar refractivity (Wildman–Crippen MR) is 82.6 cm³/mol. The normalized spacial score (nSPS) is 12.7. The van der Waals surface area contributed by atoms with Gasteiger partial charge < -0.3 is 5.32 Å². The first-order valence-electron chi connectivity index (χ1n) is 6.72. The molecule has 0 saturated carbocycles. The number of nitrogens with one attached hydrogen (secondary N) is 1. The lowest BCUT2D eigenvalue weighted by Crippen LogP contribution is -2.22. The van der Waals surface area contributed by atoms with Crippen LogP contribution in [0.1, 0.15) is 35.7 Å². The topological polar surface area (TPSA) is 55.6 Å². The van der Waals surface area contributed by atoms with Gasteiger partial charge in [-0.15, -0.1) is 0 Å². The lowest BCUT2D eigenvalue weighted by Gasteiger charge is -2.15. The third kappa shape index (κ3) is 3.07. The van der Waals surface area contributed by atoms with Gasteiger partial charge in [0.25, 0.3) is 0 Å². The van der Waals surface area contributed by atoms with Crippen LogP contribution in [0.2, 0.25) is 0 Å². The van der Waals surface area contributed by atoms with Gasteiger partial charge in [-0.2, -0.15) is 5.10 Å². The minimum Gasteiger partial charge on any atom is -0.310 e. The van der Waals surface area contributed by atoms with Gasteiger partial charge in [0.05, 0.1) is 21.9 Å². The Labute approximate surface area is 128 Å². The van der Waals surface area contributed by atoms with E-state index in [-0.39, 0.29) is 6.04 Å². The second kappa shape index (κ2) is 6.45. The second-order valence-corrected chi connectivity index (χ2v) is 5.64. The monoisotopic (exact) mass is 337 g/mol. The van der Waals surface area contributed by atoms with E-state index < -0.39 is 0 Å². The average Bonchev–Trinajstić information content (AvgIpc) is 2.72. The molecule has 0 aliphatic carbocycles. The van der Waals surface area contributed by atoms with E-state index in [1.165, 1.54) is 0 Å². The molecule has 0 aromatic carbocycles. The maximum Gasteiger partial charge on any atom is 0.145 e. The van der Waals surface area contributed by atoms with Gasteiger partial charge in [-0.05, 0) is 41.9 Å². The van der Waals surface area contributed by atoms with E-state index in [1.807, 2.05) is 38.1 Å². The number of rotatable bonds is 5. The summed E-state index contributed by atoms with van der Waals surface area (Å²) >= 11 is 3.65. The van der Waals surface area contributed by atoms with Crippen molar-refractivity contribution in [3.63, 3.8) is 0 Å². The lowest BCUT2D eigenvalue weighted by molar-refractivity contribution is 0.532. The molecule has 6 heteroatoms. The Morgan fingerprint density at radius 1 is 1.35 bits per heavy atom. The highest BCUT2D eigenvalue weighted by molar-refractivity contribution is 9.10. The van der Waals surface area contributed by atoms with Crippen LogP contribution in [-0.2, 0) is 19.9 Å². The van der Waals surface area contributed by atoms with Crippen LogP contribution < -0.4 is 5.32 Å². The Morgan fingerprint density at radius 3 is 2.50 bits per heavy atom. The summed E-state index contributed by atoms with van der Waals surface area (Å²) in [4.78, 5) is 8.83. The van der Waals surface area contributed by atoms with Crippen molar-refractivity contribution in [1.29, 1.82) is 0 Å². The van der Waals surface area contributed by atoms with Gasteiger partial charge in [-0.3, -0.25) is 4.68 Å². The van der Waals surface area contributed by atoms with Crippen LogP contribution in [0.4, 0.5) is 0 Å². The van der Waals surface area contributed by atoms with Crippen molar-refractivity contribution in [2.24, 2.45) is 7.05 Å². The van der Waals surface area contributed by atoms with Crippen LogP contribution >= 0.6 is 15.9 Å². The van der Waals surface area contributed by atoms with Crippen LogP contribution in [0.5, 0.6) is 0 Å². The molecule has 20 heavy (non-hydrogen) atoms. The summed E-state index contributed by atoms with van der Waals surface area (Å²) in [5.74, 6) is 0.809. The molecule has 0 bridgehead atoms. The number of halogens is 1. The lowest BCUT2D eigenvalue weighted by atomic mass is 10.1. The van der Waals surface area contributed by atoms with Gasteiger partial charge in [-0.1, -0.05) is 6.92 Å². The fourth-order valence-electron chi connectivity index (χ4n) is 2.14. The molecular weight excluding hydrogens is 318 g/mol. The number of aromatic nitrogens is 4. The summed E-state index contributed by atoms with van der Waals surface area (Å²) in [7, 11) is 3.90. The molecule has 0 amide bonds. The first-order valence-corrected chi connectivity index (χ1v) is 7.52. The van der Waals surface area contributed by atoms with Gasteiger partial charge in [0.2, 0.25) is 0 Å². The Kier molecular flexibility index (Phi) is 4.88. The molecule has 1 atom stereocenters. The van der Waals surface area contributed by atoms with E-state index >= 15 is 0 Å². The molecule has 0 aliphatic rings. The van der Waals surface area contributed by atoms with Crippen molar-refractivity contribution in [3.05, 3.63) is 39.6 Å². The van der Waals surface area contributed by atoms with Crippen LogP contribution in [0.3, 0.4) is 0 Å². The zero-order valence-electron chi connectivity index (χ0n) is 12.3. The molecule has 1 N–H and O–H groups in total. The van der Waals surface area contributed by atoms with Crippen molar-refractivity contribution >= 4 is 15.9 Å². The molecule has 2 aromatic rings. The average molecular weight is 338 g/mol. The van der Waals surface area contributed by atoms with Crippen LogP contribution in [0.15, 0.2) is 16.9 Å². The van der Waals surface area contributed by atoms with Crippen molar-refractivity contribution in [2.45, 2.75) is 32.7 Å². The molecule has 2 heterocycles. The zero-order chi connectivity index (χ0) is 14.7. The minimum absolute atomic E-state index is 0.0759. The number of hydrogen-bond acceptors (Lipinski definition) is 4.